The average molecular weight is 571 g/mol. The Labute approximate surface area is 240 Å². The average Bonchev–Trinajstić information content (AvgIpc) is 3.67. The molecule has 0 bridgehead atoms. The van der Waals surface area contributed by atoms with Crippen LogP contribution in [0.15, 0.2) is 36.8 Å². The van der Waals surface area contributed by atoms with Gasteiger partial charge >= 0.3 is 0 Å². The fourth-order valence-electron chi connectivity index (χ4n) is 6.25. The molecule has 3 fully saturated rings. The second-order valence-electron chi connectivity index (χ2n) is 11.9. The lowest BCUT2D eigenvalue weighted by molar-refractivity contribution is -0.135. The Morgan fingerprint density at radius 3 is 2.50 bits per heavy atom. The number of hydrogen-bond acceptors (Lipinski definition) is 6. The van der Waals surface area contributed by atoms with Crippen molar-refractivity contribution in [2.45, 2.75) is 49.9 Å². The highest BCUT2D eigenvalue weighted by Crippen LogP contribution is 2.63. The predicted molar refractivity (Wildman–Crippen MR) is 155 cm³/mol. The van der Waals surface area contributed by atoms with E-state index in [4.69, 9.17) is 11.6 Å². The first kappa shape index (κ1) is 28.8. The van der Waals surface area contributed by atoms with Gasteiger partial charge in [-0.15, -0.1) is 0 Å². The van der Waals surface area contributed by atoms with E-state index in [1.54, 1.807) is 11.1 Å². The van der Waals surface area contributed by atoms with Crippen LogP contribution in [0.1, 0.15) is 43.4 Å². The van der Waals surface area contributed by atoms with E-state index in [1.807, 2.05) is 24.3 Å². The summed E-state index contributed by atoms with van der Waals surface area (Å²) in [5.41, 5.74) is 2.62. The van der Waals surface area contributed by atoms with Gasteiger partial charge in [0.15, 0.2) is 0 Å². The summed E-state index contributed by atoms with van der Waals surface area (Å²) < 4.78 is 27.1. The van der Waals surface area contributed by atoms with Crippen molar-refractivity contribution < 1.29 is 18.4 Å². The number of nitrogens with one attached hydrogen (secondary N) is 2. The second kappa shape index (κ2) is 11.3. The molecular formula is C27H35B2ClF2N6O2. The number of hydrogen-bond donors (Lipinski definition) is 2. The number of piperazine rings is 1. The van der Waals surface area contributed by atoms with Gasteiger partial charge in [-0.05, 0) is 59.8 Å². The molecule has 1 aromatic heterocycles. The zero-order chi connectivity index (χ0) is 28.5. The van der Waals surface area contributed by atoms with Crippen LogP contribution >= 0.6 is 11.6 Å². The van der Waals surface area contributed by atoms with E-state index in [1.165, 1.54) is 6.33 Å². The maximum absolute atomic E-state index is 13.5. The zero-order valence-electron chi connectivity index (χ0n) is 23.1. The predicted octanol–water partition coefficient (Wildman–Crippen LogP) is 1.59. The number of carbonyl (C=O) groups is 2. The molecule has 2 amide bonds. The summed E-state index contributed by atoms with van der Waals surface area (Å²) in [6, 6.07) is 7.69. The Morgan fingerprint density at radius 2 is 1.82 bits per heavy atom. The molecular weight excluding hydrogens is 535 g/mol. The smallest absolute Gasteiger partial charge is 0.248 e. The van der Waals surface area contributed by atoms with Crippen molar-refractivity contribution >= 4 is 44.8 Å². The SMILES string of the molecule is BC(B)(c1cc(Cl)ccc1NCc1ccncn1)N1CCN(C(=O)CNC(=O)C2CC23CCC(F)(F)CC3)CC1. The minimum Gasteiger partial charge on any atom is -0.379 e. The molecule has 2 heterocycles. The van der Waals surface area contributed by atoms with Gasteiger partial charge in [0.2, 0.25) is 17.7 Å². The summed E-state index contributed by atoms with van der Waals surface area (Å²) in [7, 11) is 4.30. The van der Waals surface area contributed by atoms with E-state index in [0.717, 1.165) is 16.9 Å². The van der Waals surface area contributed by atoms with Crippen molar-refractivity contribution in [3.63, 3.8) is 0 Å². The molecule has 2 saturated carbocycles. The first-order chi connectivity index (χ1) is 19.0. The van der Waals surface area contributed by atoms with Gasteiger partial charge in [-0.3, -0.25) is 9.59 Å². The number of amides is 2. The molecule has 13 heteroatoms. The van der Waals surface area contributed by atoms with Crippen LogP contribution in [0.2, 0.25) is 5.02 Å². The topological polar surface area (TPSA) is 90.5 Å². The number of benzene rings is 1. The van der Waals surface area contributed by atoms with Gasteiger partial charge in [0.1, 0.15) is 22.0 Å². The Bertz CT molecular complexity index is 1240. The van der Waals surface area contributed by atoms with Crippen LogP contribution in [0, 0.1) is 11.3 Å². The molecule has 1 atom stereocenters. The van der Waals surface area contributed by atoms with E-state index in [-0.39, 0.29) is 47.9 Å². The summed E-state index contributed by atoms with van der Waals surface area (Å²) >= 11 is 6.40. The Kier molecular flexibility index (Phi) is 8.12. The van der Waals surface area contributed by atoms with Gasteiger partial charge < -0.3 is 20.4 Å². The fourth-order valence-corrected chi connectivity index (χ4v) is 6.42. The highest BCUT2D eigenvalue weighted by Gasteiger charge is 2.60. The molecule has 2 aromatic rings. The molecule has 2 aliphatic carbocycles. The molecule has 2 N–H and O–H groups in total. The van der Waals surface area contributed by atoms with E-state index in [2.05, 4.69) is 41.2 Å². The largest absolute Gasteiger partial charge is 0.379 e. The Hall–Kier alpha value is -2.72. The second-order valence-corrected chi connectivity index (χ2v) is 12.3. The van der Waals surface area contributed by atoms with Crippen LogP contribution in [0.5, 0.6) is 0 Å². The number of alkyl halides is 2. The lowest BCUT2D eigenvalue weighted by Crippen LogP contribution is -2.58. The maximum Gasteiger partial charge on any atom is 0.248 e. The summed E-state index contributed by atoms with van der Waals surface area (Å²) in [6.45, 7) is 2.93. The van der Waals surface area contributed by atoms with Gasteiger partial charge in [0, 0.05) is 61.8 Å². The normalized spacial score (nSPS) is 22.1. The Morgan fingerprint density at radius 1 is 1.10 bits per heavy atom. The lowest BCUT2D eigenvalue weighted by atomic mass is 9.56. The van der Waals surface area contributed by atoms with Gasteiger partial charge in [-0.2, -0.15) is 0 Å². The molecule has 1 aromatic carbocycles. The highest BCUT2D eigenvalue weighted by molar-refractivity contribution is 6.40. The van der Waals surface area contributed by atoms with Crippen LogP contribution in [-0.4, -0.2) is 85.9 Å². The van der Waals surface area contributed by atoms with E-state index < -0.39 is 5.92 Å². The molecule has 8 nitrogen and oxygen atoms in total. The fraction of sp³-hybridized carbons (Fsp3) is 0.556. The Balaban J connectivity index is 1.13. The molecule has 3 aliphatic rings. The van der Waals surface area contributed by atoms with E-state index in [0.29, 0.717) is 57.0 Å². The molecule has 40 heavy (non-hydrogen) atoms. The van der Waals surface area contributed by atoms with Gasteiger partial charge in [0.05, 0.1) is 18.8 Å². The van der Waals surface area contributed by atoms with E-state index in [9.17, 15) is 18.4 Å². The van der Waals surface area contributed by atoms with Crippen LogP contribution in [-0.2, 0) is 21.5 Å². The number of aromatic nitrogens is 2. The van der Waals surface area contributed by atoms with Crippen molar-refractivity contribution in [3.05, 3.63) is 53.1 Å². The molecule has 212 valence electrons. The third-order valence-corrected chi connectivity index (χ3v) is 9.30. The monoisotopic (exact) mass is 570 g/mol. The summed E-state index contributed by atoms with van der Waals surface area (Å²) in [5, 5.41) is 6.55. The summed E-state index contributed by atoms with van der Waals surface area (Å²) in [4.78, 5) is 37.9. The number of nitrogens with zero attached hydrogens (tertiary/aromatic N) is 4. The van der Waals surface area contributed by atoms with Crippen molar-refractivity contribution in [2.24, 2.45) is 11.3 Å². The van der Waals surface area contributed by atoms with Crippen molar-refractivity contribution in [1.29, 1.82) is 0 Å². The standard InChI is InChI=1S/C27H35B2ClF2N6O2/c28-27(29,20-13-18(30)1-2-22(20)34-15-19-3-8-33-17-36-19)38-11-9-37(10-12-38)23(39)16-35-24(40)21-14-25(21)4-6-26(31,32)7-5-25/h1-3,8,13,17,21,34H,4-7,9-12,14-16,28-29H2,(H,35,40). The number of halogens is 3. The first-order valence-corrected chi connectivity index (χ1v) is 14.3. The van der Waals surface area contributed by atoms with Crippen molar-refractivity contribution in [3.8, 4) is 0 Å². The number of carbonyl (C=O) groups excluding carboxylic acids is 2. The minimum absolute atomic E-state index is 0.0592. The maximum atomic E-state index is 13.5. The molecule has 1 aliphatic heterocycles. The van der Waals surface area contributed by atoms with Gasteiger partial charge in [-0.25, -0.2) is 18.7 Å². The number of rotatable bonds is 8. The van der Waals surface area contributed by atoms with Crippen molar-refractivity contribution in [2.75, 3.05) is 38.0 Å². The summed E-state index contributed by atoms with van der Waals surface area (Å²) in [5.74, 6) is -3.15. The minimum atomic E-state index is -2.61. The molecule has 0 radical (unpaired) electrons. The van der Waals surface area contributed by atoms with Crippen LogP contribution in [0.4, 0.5) is 14.5 Å². The van der Waals surface area contributed by atoms with Crippen molar-refractivity contribution in [1.82, 2.24) is 25.1 Å². The lowest BCUT2D eigenvalue weighted by Gasteiger charge is -2.45. The van der Waals surface area contributed by atoms with Gasteiger partial charge in [-0.1, -0.05) is 11.6 Å². The first-order valence-electron chi connectivity index (χ1n) is 14.0. The van der Waals surface area contributed by atoms with Crippen LogP contribution in [0.25, 0.3) is 0 Å². The van der Waals surface area contributed by atoms with E-state index >= 15 is 0 Å². The zero-order valence-corrected chi connectivity index (χ0v) is 23.8. The van der Waals surface area contributed by atoms with Crippen LogP contribution in [0.3, 0.4) is 0 Å². The summed E-state index contributed by atoms with van der Waals surface area (Å²) in [6.07, 6.45) is 4.36. The van der Waals surface area contributed by atoms with Gasteiger partial charge in [0.25, 0.3) is 0 Å². The highest BCUT2D eigenvalue weighted by atomic mass is 35.5. The molecule has 1 spiro atoms. The third kappa shape index (κ3) is 6.28. The molecule has 5 rings (SSSR count). The van der Waals surface area contributed by atoms with Crippen LogP contribution < -0.4 is 10.6 Å². The number of anilines is 1. The quantitative estimate of drug-likeness (QED) is 0.469. The molecule has 1 saturated heterocycles. The third-order valence-electron chi connectivity index (χ3n) is 9.06. The molecule has 1 unspecified atom stereocenters.